The molecule has 4 heterocycles. The van der Waals surface area contributed by atoms with Gasteiger partial charge in [0, 0.05) is 23.4 Å². The highest BCUT2D eigenvalue weighted by Gasteiger charge is 2.35. The predicted octanol–water partition coefficient (Wildman–Crippen LogP) is 3.71. The maximum atomic E-state index is 14.0. The third-order valence-electron chi connectivity index (χ3n) is 6.23. The smallest absolute Gasteiger partial charge is 0.338 e. The van der Waals surface area contributed by atoms with E-state index in [1.807, 2.05) is 0 Å². The van der Waals surface area contributed by atoms with Gasteiger partial charge < -0.3 is 23.6 Å². The first-order chi connectivity index (χ1) is 20.1. The molecule has 1 N–H and O–H groups in total. The Kier molecular flexibility index (Phi) is 8.57. The van der Waals surface area contributed by atoms with Crippen LogP contribution in [0.5, 0.6) is 11.5 Å². The number of carbonyl (C=O) groups excluding carboxylic acids is 1. The molecule has 218 valence electrons. The van der Waals surface area contributed by atoms with Gasteiger partial charge in [-0.05, 0) is 72.7 Å². The molecule has 4 aromatic rings. The van der Waals surface area contributed by atoms with Crippen LogP contribution in [0, 0.1) is 6.92 Å². The average Bonchev–Trinajstić information content (AvgIpc) is 3.44. The minimum atomic E-state index is -0.883. The van der Waals surface area contributed by atoms with E-state index in [0.29, 0.717) is 58.3 Å². The highest BCUT2D eigenvalue weighted by Crippen LogP contribution is 2.38. The maximum Gasteiger partial charge on any atom is 0.338 e. The summed E-state index contributed by atoms with van der Waals surface area (Å²) in [5, 5.41) is 0.817. The molecule has 11 nitrogen and oxygen atoms in total. The minimum Gasteiger partial charge on any atom is -0.497 e. The van der Waals surface area contributed by atoms with Crippen molar-refractivity contribution in [2.24, 2.45) is 4.99 Å². The summed E-state index contributed by atoms with van der Waals surface area (Å²) in [5.74, 6) is 0.802. The monoisotopic (exact) mass is 672 g/mol. The molecule has 5 rings (SSSR count). The summed E-state index contributed by atoms with van der Waals surface area (Å²) >= 11 is 5.78. The summed E-state index contributed by atoms with van der Waals surface area (Å²) in [6, 6.07) is 7.42. The van der Waals surface area contributed by atoms with Crippen LogP contribution in [0.1, 0.15) is 36.9 Å². The van der Waals surface area contributed by atoms with E-state index in [0.717, 1.165) is 23.1 Å². The van der Waals surface area contributed by atoms with Gasteiger partial charge in [-0.1, -0.05) is 11.3 Å². The Labute approximate surface area is 255 Å². The van der Waals surface area contributed by atoms with Gasteiger partial charge in [0.2, 0.25) is 0 Å². The average molecular weight is 674 g/mol. The van der Waals surface area contributed by atoms with E-state index >= 15 is 0 Å². The van der Waals surface area contributed by atoms with E-state index in [1.54, 1.807) is 51.1 Å². The first-order valence-electron chi connectivity index (χ1n) is 12.6. The van der Waals surface area contributed by atoms with E-state index in [2.05, 4.69) is 30.9 Å². The summed E-state index contributed by atoms with van der Waals surface area (Å²) in [4.78, 5) is 51.0. The Morgan fingerprint density at radius 3 is 2.69 bits per heavy atom. The van der Waals surface area contributed by atoms with Crippen LogP contribution in [0.2, 0.25) is 0 Å². The number of aryl methyl sites for hydroxylation is 1. The second kappa shape index (κ2) is 12.2. The highest BCUT2D eigenvalue weighted by atomic mass is 79.9. The van der Waals surface area contributed by atoms with Crippen LogP contribution in [-0.4, -0.2) is 41.3 Å². The number of nitrogens with one attached hydrogen (secondary N) is 1. The predicted molar refractivity (Wildman–Crippen MR) is 160 cm³/mol. The number of halogens is 1. The molecule has 0 aliphatic carbocycles. The van der Waals surface area contributed by atoms with Crippen molar-refractivity contribution < 1.29 is 23.4 Å². The normalized spacial score (nSPS) is 14.9. The Hall–Kier alpha value is -3.88. The standard InChI is InChI=1S/C28H25BrN4O7S2/c1-6-39-25(36)22-14(3)31-28-33(23(22)17-10-15(37-4)7-8-19(17)38-5)24(35)20(41-28)12-16-11-18(29)26(40-16)42-27-30-13(2)9-21(34)32-27/h7-12,23H,6H2,1-5H3,(H,30,32,34)/b20-12+/t23-/m0/s1. The first kappa shape index (κ1) is 29.6. The van der Waals surface area contributed by atoms with Crippen LogP contribution in [0.15, 0.2) is 75.3 Å². The Morgan fingerprint density at radius 1 is 1.21 bits per heavy atom. The fourth-order valence-electron chi connectivity index (χ4n) is 4.47. The molecule has 1 aliphatic rings. The van der Waals surface area contributed by atoms with Crippen LogP contribution in [0.25, 0.3) is 6.08 Å². The summed E-state index contributed by atoms with van der Waals surface area (Å²) in [6.07, 6.45) is 1.61. The van der Waals surface area contributed by atoms with Crippen molar-refractivity contribution in [3.8, 4) is 11.5 Å². The number of hydrogen-bond acceptors (Lipinski definition) is 11. The molecule has 0 unspecified atom stereocenters. The van der Waals surface area contributed by atoms with Gasteiger partial charge in [-0.3, -0.25) is 14.2 Å². The largest absolute Gasteiger partial charge is 0.497 e. The lowest BCUT2D eigenvalue weighted by Gasteiger charge is -2.26. The number of thiazole rings is 1. The number of nitrogens with zero attached hydrogens (tertiary/aromatic N) is 3. The van der Waals surface area contributed by atoms with Gasteiger partial charge in [-0.2, -0.15) is 0 Å². The number of methoxy groups -OCH3 is 2. The third kappa shape index (κ3) is 5.74. The number of ether oxygens (including phenoxy) is 3. The molecular weight excluding hydrogens is 648 g/mol. The second-order valence-electron chi connectivity index (χ2n) is 8.99. The van der Waals surface area contributed by atoms with Crippen LogP contribution < -0.4 is 29.9 Å². The van der Waals surface area contributed by atoms with Crippen molar-refractivity contribution in [2.45, 2.75) is 37.1 Å². The topological polar surface area (TPSA) is 138 Å². The van der Waals surface area contributed by atoms with Crippen molar-refractivity contribution in [1.29, 1.82) is 0 Å². The molecule has 1 aliphatic heterocycles. The number of aromatic amines is 1. The fourth-order valence-corrected chi connectivity index (χ4v) is 6.85. The summed E-state index contributed by atoms with van der Waals surface area (Å²) < 4.78 is 24.8. The van der Waals surface area contributed by atoms with Crippen molar-refractivity contribution >= 4 is 51.1 Å². The molecular formula is C28H25BrN4O7S2. The molecule has 42 heavy (non-hydrogen) atoms. The Bertz CT molecular complexity index is 1970. The number of H-pyrrole nitrogens is 1. The summed E-state index contributed by atoms with van der Waals surface area (Å²) in [5.41, 5.74) is 1.12. The number of carbonyl (C=O) groups is 1. The van der Waals surface area contributed by atoms with Crippen LogP contribution in [-0.2, 0) is 9.53 Å². The fraction of sp³-hybridized carbons (Fsp3) is 0.250. The van der Waals surface area contributed by atoms with Crippen molar-refractivity contribution in [2.75, 3.05) is 20.8 Å². The number of rotatable bonds is 8. The molecule has 14 heteroatoms. The van der Waals surface area contributed by atoms with E-state index in [-0.39, 0.29) is 23.3 Å². The molecule has 0 bridgehead atoms. The van der Waals surface area contributed by atoms with Gasteiger partial charge in [0.15, 0.2) is 15.1 Å². The van der Waals surface area contributed by atoms with Crippen molar-refractivity contribution in [3.05, 3.63) is 93.1 Å². The van der Waals surface area contributed by atoms with E-state index in [9.17, 15) is 14.4 Å². The molecule has 0 saturated heterocycles. The van der Waals surface area contributed by atoms with E-state index in [1.165, 1.54) is 24.9 Å². The quantitative estimate of drug-likeness (QED) is 0.219. The first-order valence-corrected chi connectivity index (χ1v) is 15.0. The maximum absolute atomic E-state index is 14.0. The zero-order valence-electron chi connectivity index (χ0n) is 23.1. The molecule has 0 fully saturated rings. The number of fused-ring (bicyclic) bond motifs is 1. The molecule has 0 radical (unpaired) electrons. The Morgan fingerprint density at radius 2 is 2.00 bits per heavy atom. The Balaban J connectivity index is 1.65. The van der Waals surface area contributed by atoms with Gasteiger partial charge in [0.25, 0.3) is 11.1 Å². The molecule has 0 saturated carbocycles. The molecule has 0 amide bonds. The number of esters is 1. The molecule has 0 spiro atoms. The third-order valence-corrected chi connectivity index (χ3v) is 8.94. The van der Waals surface area contributed by atoms with Crippen LogP contribution >= 0.6 is 39.0 Å². The highest BCUT2D eigenvalue weighted by molar-refractivity contribution is 9.10. The second-order valence-corrected chi connectivity index (χ2v) is 11.8. The zero-order chi connectivity index (χ0) is 30.1. The minimum absolute atomic E-state index is 0.154. The van der Waals surface area contributed by atoms with Gasteiger partial charge in [-0.15, -0.1) is 0 Å². The van der Waals surface area contributed by atoms with Gasteiger partial charge in [0.1, 0.15) is 23.3 Å². The number of hydrogen-bond donors (Lipinski definition) is 1. The molecule has 1 atom stereocenters. The lowest BCUT2D eigenvalue weighted by molar-refractivity contribution is -0.139. The van der Waals surface area contributed by atoms with Crippen LogP contribution in [0.3, 0.4) is 0 Å². The van der Waals surface area contributed by atoms with Crippen LogP contribution in [0.4, 0.5) is 0 Å². The summed E-state index contributed by atoms with van der Waals surface area (Å²) in [7, 11) is 3.05. The van der Waals surface area contributed by atoms with Gasteiger partial charge in [0.05, 0.1) is 41.1 Å². The van der Waals surface area contributed by atoms with Crippen molar-refractivity contribution in [1.82, 2.24) is 14.5 Å². The van der Waals surface area contributed by atoms with Crippen molar-refractivity contribution in [3.63, 3.8) is 0 Å². The number of benzene rings is 1. The number of furan rings is 1. The SMILES string of the molecule is CCOC(=O)C1=C(C)N=c2s/c(=C/c3cc(Br)c(Sc4nc(C)cc(=O)[nH]4)o3)c(=O)n2[C@H]1c1cc(OC)ccc1OC. The lowest BCUT2D eigenvalue weighted by Crippen LogP contribution is -2.40. The number of allylic oxidation sites excluding steroid dienone is 1. The zero-order valence-corrected chi connectivity index (χ0v) is 26.4. The van der Waals surface area contributed by atoms with Gasteiger partial charge >= 0.3 is 5.97 Å². The molecule has 3 aromatic heterocycles. The number of aromatic nitrogens is 3. The van der Waals surface area contributed by atoms with E-state index < -0.39 is 12.0 Å². The molecule has 1 aromatic carbocycles. The summed E-state index contributed by atoms with van der Waals surface area (Å²) in [6.45, 7) is 5.30. The lowest BCUT2D eigenvalue weighted by atomic mass is 9.95. The van der Waals surface area contributed by atoms with Gasteiger partial charge in [-0.25, -0.2) is 14.8 Å². The van der Waals surface area contributed by atoms with E-state index in [4.69, 9.17) is 18.6 Å².